The Balaban J connectivity index is 1.56. The largest absolute Gasteiger partial charge is 0.467 e. The van der Waals surface area contributed by atoms with Crippen LogP contribution in [0.4, 0.5) is 0 Å². The number of ether oxygens (including phenoxy) is 1. The third kappa shape index (κ3) is 3.74. The fraction of sp³-hybridized carbons (Fsp3) is 0.484. The number of carbonyl (C=O) groups excluding carboxylic acids is 2. The zero-order valence-corrected chi connectivity index (χ0v) is 23.4. The first-order chi connectivity index (χ1) is 19.0. The first-order valence-electron chi connectivity index (χ1n) is 14.1. The van der Waals surface area contributed by atoms with Gasteiger partial charge in [-0.15, -0.1) is 0 Å². The molecule has 2 atom stereocenters. The van der Waals surface area contributed by atoms with Gasteiger partial charge in [-0.1, -0.05) is 6.92 Å². The van der Waals surface area contributed by atoms with E-state index in [1.807, 2.05) is 6.07 Å². The summed E-state index contributed by atoms with van der Waals surface area (Å²) in [6.45, 7) is 6.07. The molecule has 1 aliphatic heterocycles. The molecule has 6 rings (SSSR count). The lowest BCUT2D eigenvalue weighted by Crippen LogP contribution is -2.46. The lowest BCUT2D eigenvalue weighted by molar-refractivity contribution is -0.164. The number of nitrogens with one attached hydrogen (secondary N) is 1. The average molecular weight is 546 g/mol. The molecule has 0 radical (unpaired) electrons. The second-order valence-corrected chi connectivity index (χ2v) is 11.6. The van der Waals surface area contributed by atoms with Crippen molar-refractivity contribution >= 4 is 22.8 Å². The van der Waals surface area contributed by atoms with Crippen LogP contribution in [0.2, 0.25) is 0 Å². The van der Waals surface area contributed by atoms with Gasteiger partial charge in [0.2, 0.25) is 0 Å². The summed E-state index contributed by atoms with van der Waals surface area (Å²) in [5, 5.41) is 26.4. The maximum atomic E-state index is 13.4. The van der Waals surface area contributed by atoms with Crippen LogP contribution in [-0.4, -0.2) is 44.4 Å². The minimum atomic E-state index is -1.97. The van der Waals surface area contributed by atoms with Crippen molar-refractivity contribution in [3.8, 4) is 11.4 Å². The number of esters is 1. The molecule has 210 valence electrons. The summed E-state index contributed by atoms with van der Waals surface area (Å²) in [5.74, 6) is -1.18. The molecule has 40 heavy (non-hydrogen) atoms. The number of amides is 1. The second kappa shape index (κ2) is 9.24. The molecule has 1 fully saturated rings. The normalized spacial score (nSPS) is 20.1. The molecule has 9 heteroatoms. The van der Waals surface area contributed by atoms with Crippen LogP contribution in [0.3, 0.4) is 0 Å². The van der Waals surface area contributed by atoms with Crippen molar-refractivity contribution in [2.45, 2.75) is 89.5 Å². The summed E-state index contributed by atoms with van der Waals surface area (Å²) in [4.78, 5) is 44.3. The summed E-state index contributed by atoms with van der Waals surface area (Å²) in [6.07, 6.45) is 4.01. The molecular weight excluding hydrogens is 510 g/mol. The molecule has 0 bridgehead atoms. The fourth-order valence-corrected chi connectivity index (χ4v) is 6.93. The molecule has 0 unspecified atom stereocenters. The van der Waals surface area contributed by atoms with Crippen LogP contribution in [0.1, 0.15) is 84.9 Å². The van der Waals surface area contributed by atoms with E-state index in [0.717, 1.165) is 46.9 Å². The molecule has 0 spiro atoms. The van der Waals surface area contributed by atoms with Crippen molar-refractivity contribution in [3.05, 3.63) is 61.9 Å². The number of fused-ring (bicyclic) bond motifs is 4. The van der Waals surface area contributed by atoms with E-state index >= 15 is 0 Å². The van der Waals surface area contributed by atoms with Gasteiger partial charge < -0.3 is 24.8 Å². The first-order valence-corrected chi connectivity index (χ1v) is 14.1. The van der Waals surface area contributed by atoms with Crippen molar-refractivity contribution in [2.24, 2.45) is 0 Å². The van der Waals surface area contributed by atoms with E-state index in [1.165, 1.54) is 24.3 Å². The topological polar surface area (TPSA) is 131 Å². The molecule has 3 heterocycles. The van der Waals surface area contributed by atoms with Crippen LogP contribution in [0.5, 0.6) is 0 Å². The molecule has 2 aliphatic carbocycles. The van der Waals surface area contributed by atoms with E-state index in [2.05, 4.69) is 19.2 Å². The van der Waals surface area contributed by atoms with E-state index in [1.54, 1.807) is 17.6 Å². The van der Waals surface area contributed by atoms with Crippen molar-refractivity contribution in [1.29, 1.82) is 0 Å². The molecule has 3 N–H and O–H groups in total. The number of nitrogens with zero attached hydrogens (tertiary/aromatic N) is 2. The van der Waals surface area contributed by atoms with E-state index < -0.39 is 17.2 Å². The SMILES string of the molecule is CC[C@@](O)(C(=O)OC)c1cc2n(c(=O)c1)Cc1c-2nc2cc(C)c(C)c3c2c1[C@@H](NC(=O)C1(O)CCCC1)CC3. The van der Waals surface area contributed by atoms with Gasteiger partial charge in [-0.25, -0.2) is 9.78 Å². The summed E-state index contributed by atoms with van der Waals surface area (Å²) in [5.41, 5.74) is 3.63. The van der Waals surface area contributed by atoms with Crippen LogP contribution < -0.4 is 10.9 Å². The highest BCUT2D eigenvalue weighted by molar-refractivity contribution is 5.94. The molecule has 9 nitrogen and oxygen atoms in total. The van der Waals surface area contributed by atoms with Crippen LogP contribution in [0.25, 0.3) is 22.3 Å². The van der Waals surface area contributed by atoms with Crippen molar-refractivity contribution < 1.29 is 24.5 Å². The first kappa shape index (κ1) is 26.7. The third-order valence-corrected chi connectivity index (χ3v) is 9.46. The van der Waals surface area contributed by atoms with E-state index in [9.17, 15) is 24.6 Å². The highest BCUT2D eigenvalue weighted by Crippen LogP contribution is 2.45. The molecular formula is C31H35N3O6. The number of aromatic nitrogens is 2. The lowest BCUT2D eigenvalue weighted by Gasteiger charge is -2.32. The third-order valence-electron chi connectivity index (χ3n) is 9.46. The number of hydrogen-bond acceptors (Lipinski definition) is 7. The maximum Gasteiger partial charge on any atom is 0.342 e. The molecule has 1 saturated carbocycles. The number of hydrogen-bond donors (Lipinski definition) is 3. The van der Waals surface area contributed by atoms with E-state index in [-0.39, 0.29) is 36.0 Å². The predicted octanol–water partition coefficient (Wildman–Crippen LogP) is 3.22. The van der Waals surface area contributed by atoms with Gasteiger partial charge in [-0.3, -0.25) is 9.59 Å². The average Bonchev–Trinajstić information content (AvgIpc) is 3.56. The summed E-state index contributed by atoms with van der Waals surface area (Å²) in [6, 6.07) is 4.63. The minimum Gasteiger partial charge on any atom is -0.467 e. The minimum absolute atomic E-state index is 0.0324. The Bertz CT molecular complexity index is 1650. The number of rotatable bonds is 5. The Labute approximate surface area is 232 Å². The number of methoxy groups -OCH3 is 1. The standard InChI is InChI=1S/C31H35N3O6/c1-5-31(39,29(37)40-4)18-13-23-27-20(15-34(23)24(35)14-18)26-21(33-28(36)30(38)10-6-7-11-30)9-8-19-17(3)16(2)12-22(32-27)25(19)26/h12-14,21,38-39H,5-11,15H2,1-4H3,(H,33,36)/t21-,31-/m0/s1. The Morgan fingerprint density at radius 2 is 1.93 bits per heavy atom. The Morgan fingerprint density at radius 1 is 1.20 bits per heavy atom. The van der Waals surface area contributed by atoms with E-state index in [4.69, 9.17) is 9.72 Å². The second-order valence-electron chi connectivity index (χ2n) is 11.6. The molecule has 0 saturated heterocycles. The monoisotopic (exact) mass is 545 g/mol. The summed E-state index contributed by atoms with van der Waals surface area (Å²) in [7, 11) is 1.20. The molecule has 2 aromatic heterocycles. The quantitative estimate of drug-likeness (QED) is 0.328. The molecule has 3 aromatic rings. The van der Waals surface area contributed by atoms with Crippen LogP contribution in [-0.2, 0) is 32.9 Å². The van der Waals surface area contributed by atoms with Gasteiger partial charge in [0.05, 0.1) is 36.6 Å². The number of aliphatic hydroxyl groups is 2. The van der Waals surface area contributed by atoms with Gasteiger partial charge in [-0.05, 0) is 93.2 Å². The fourth-order valence-electron chi connectivity index (χ4n) is 6.93. The lowest BCUT2D eigenvalue weighted by atomic mass is 9.80. The van der Waals surface area contributed by atoms with E-state index in [0.29, 0.717) is 30.7 Å². The Hall–Kier alpha value is -3.56. The van der Waals surface area contributed by atoms with Crippen molar-refractivity contribution in [2.75, 3.05) is 7.11 Å². The van der Waals surface area contributed by atoms with Crippen molar-refractivity contribution in [1.82, 2.24) is 14.9 Å². The molecule has 1 amide bonds. The maximum absolute atomic E-state index is 13.4. The van der Waals surface area contributed by atoms with Crippen LogP contribution >= 0.6 is 0 Å². The number of aryl methyl sites for hydroxylation is 2. The van der Waals surface area contributed by atoms with Crippen LogP contribution in [0, 0.1) is 13.8 Å². The zero-order chi connectivity index (χ0) is 28.6. The predicted molar refractivity (Wildman–Crippen MR) is 149 cm³/mol. The Kier molecular flexibility index (Phi) is 6.16. The number of pyridine rings is 2. The van der Waals surface area contributed by atoms with Gasteiger partial charge in [-0.2, -0.15) is 0 Å². The van der Waals surface area contributed by atoms with Gasteiger partial charge in [0.25, 0.3) is 11.5 Å². The molecule has 3 aliphatic rings. The van der Waals surface area contributed by atoms with Crippen molar-refractivity contribution in [3.63, 3.8) is 0 Å². The Morgan fingerprint density at radius 3 is 2.60 bits per heavy atom. The smallest absolute Gasteiger partial charge is 0.342 e. The number of benzene rings is 1. The van der Waals surface area contributed by atoms with Gasteiger partial charge in [0, 0.05) is 22.6 Å². The van der Waals surface area contributed by atoms with Crippen LogP contribution in [0.15, 0.2) is 23.0 Å². The zero-order valence-electron chi connectivity index (χ0n) is 23.4. The highest BCUT2D eigenvalue weighted by Gasteiger charge is 2.43. The number of carbonyl (C=O) groups is 2. The summed E-state index contributed by atoms with van der Waals surface area (Å²) < 4.78 is 6.45. The molecule has 1 aromatic carbocycles. The highest BCUT2D eigenvalue weighted by atomic mass is 16.5. The van der Waals surface area contributed by atoms with Gasteiger partial charge in [0.1, 0.15) is 5.60 Å². The van der Waals surface area contributed by atoms with Gasteiger partial charge >= 0.3 is 5.97 Å². The van der Waals surface area contributed by atoms with Gasteiger partial charge in [0.15, 0.2) is 5.60 Å². The summed E-state index contributed by atoms with van der Waals surface area (Å²) >= 11 is 0.